The van der Waals surface area contributed by atoms with Crippen LogP contribution in [0, 0.1) is 5.92 Å². The smallest absolute Gasteiger partial charge is 0.410 e. The number of rotatable bonds is 2. The first-order valence-electron chi connectivity index (χ1n) is 6.86. The number of amides is 1. The highest BCUT2D eigenvalue weighted by Gasteiger charge is 2.33. The van der Waals surface area contributed by atoms with Gasteiger partial charge in [0.2, 0.25) is 0 Å². The first kappa shape index (κ1) is 14.7. The van der Waals surface area contributed by atoms with Crippen LogP contribution in [0.25, 0.3) is 0 Å². The summed E-state index contributed by atoms with van der Waals surface area (Å²) in [7, 11) is 0. The lowest BCUT2D eigenvalue weighted by molar-refractivity contribution is 0.0286. The van der Waals surface area contributed by atoms with Crippen LogP contribution >= 0.6 is 0 Å². The van der Waals surface area contributed by atoms with Crippen molar-refractivity contribution >= 4 is 6.09 Å². The lowest BCUT2D eigenvalue weighted by Crippen LogP contribution is -2.36. The third-order valence-electron chi connectivity index (χ3n) is 3.31. The summed E-state index contributed by atoms with van der Waals surface area (Å²) in [5.41, 5.74) is 6.51. The van der Waals surface area contributed by atoms with Gasteiger partial charge in [0, 0.05) is 31.7 Å². The van der Waals surface area contributed by atoms with Crippen LogP contribution in [-0.4, -0.2) is 39.7 Å². The summed E-state index contributed by atoms with van der Waals surface area (Å²) in [4.78, 5) is 22.0. The van der Waals surface area contributed by atoms with Crippen molar-refractivity contribution < 1.29 is 9.53 Å². The maximum Gasteiger partial charge on any atom is 0.410 e. The Balaban J connectivity index is 1.94. The lowest BCUT2D eigenvalue weighted by atomic mass is 9.97. The molecule has 0 spiro atoms. The summed E-state index contributed by atoms with van der Waals surface area (Å²) in [6.45, 7) is 6.87. The van der Waals surface area contributed by atoms with Crippen LogP contribution in [0.15, 0.2) is 18.6 Å². The van der Waals surface area contributed by atoms with E-state index in [9.17, 15) is 4.79 Å². The van der Waals surface area contributed by atoms with Gasteiger partial charge in [-0.3, -0.25) is 9.97 Å². The summed E-state index contributed by atoms with van der Waals surface area (Å²) in [5.74, 6) is 0.194. The van der Waals surface area contributed by atoms with E-state index < -0.39 is 5.60 Å². The zero-order valence-electron chi connectivity index (χ0n) is 12.2. The monoisotopic (exact) mass is 278 g/mol. The zero-order chi connectivity index (χ0) is 14.8. The Morgan fingerprint density at radius 3 is 2.85 bits per heavy atom. The largest absolute Gasteiger partial charge is 0.444 e. The number of carbonyl (C=O) groups excluding carboxylic acids is 1. The molecule has 0 aliphatic carbocycles. The molecule has 2 heterocycles. The molecule has 6 heteroatoms. The van der Waals surface area contributed by atoms with Crippen LogP contribution in [0.1, 0.15) is 38.9 Å². The minimum absolute atomic E-state index is 0.194. The van der Waals surface area contributed by atoms with Gasteiger partial charge >= 0.3 is 6.09 Å². The van der Waals surface area contributed by atoms with Gasteiger partial charge in [-0.15, -0.1) is 0 Å². The Bertz CT molecular complexity index is 458. The summed E-state index contributed by atoms with van der Waals surface area (Å²) in [6.07, 6.45) is 5.53. The Hall–Kier alpha value is -1.69. The molecule has 1 aliphatic heterocycles. The number of nitrogens with zero attached hydrogens (tertiary/aromatic N) is 3. The standard InChI is InChI=1S/C14H22N4O2/c1-14(2,3)20-13(19)18-7-4-10(9-18)12(15)11-8-16-5-6-17-11/h5-6,8,10,12H,4,7,9,15H2,1-3H3. The van der Waals surface area contributed by atoms with Gasteiger partial charge in [0.05, 0.1) is 11.7 Å². The van der Waals surface area contributed by atoms with E-state index in [-0.39, 0.29) is 18.1 Å². The van der Waals surface area contributed by atoms with Crippen molar-refractivity contribution in [1.29, 1.82) is 0 Å². The first-order valence-corrected chi connectivity index (χ1v) is 6.86. The molecule has 1 fully saturated rings. The van der Waals surface area contributed by atoms with Gasteiger partial charge in [0.25, 0.3) is 0 Å². The maximum absolute atomic E-state index is 12.0. The van der Waals surface area contributed by atoms with Gasteiger partial charge < -0.3 is 15.4 Å². The Morgan fingerprint density at radius 2 is 2.25 bits per heavy atom. The van der Waals surface area contributed by atoms with Crippen LogP contribution in [0.3, 0.4) is 0 Å². The molecule has 1 aromatic rings. The molecule has 1 saturated heterocycles. The molecule has 2 unspecified atom stereocenters. The van der Waals surface area contributed by atoms with Crippen LogP contribution in [-0.2, 0) is 4.74 Å². The van der Waals surface area contributed by atoms with E-state index in [1.165, 1.54) is 0 Å². The Labute approximate surface area is 119 Å². The third-order valence-corrected chi connectivity index (χ3v) is 3.31. The van der Waals surface area contributed by atoms with Crippen molar-refractivity contribution in [2.75, 3.05) is 13.1 Å². The first-order chi connectivity index (χ1) is 9.37. The minimum Gasteiger partial charge on any atom is -0.444 e. The van der Waals surface area contributed by atoms with Crippen LogP contribution in [0.2, 0.25) is 0 Å². The van der Waals surface area contributed by atoms with Crippen LogP contribution in [0.5, 0.6) is 0 Å². The summed E-state index contributed by atoms with van der Waals surface area (Å²) in [5, 5.41) is 0. The average molecular weight is 278 g/mol. The second-order valence-corrected chi connectivity index (χ2v) is 6.13. The lowest BCUT2D eigenvalue weighted by Gasteiger charge is -2.25. The highest BCUT2D eigenvalue weighted by Crippen LogP contribution is 2.27. The molecule has 2 atom stereocenters. The molecular formula is C14H22N4O2. The highest BCUT2D eigenvalue weighted by atomic mass is 16.6. The Morgan fingerprint density at radius 1 is 1.50 bits per heavy atom. The van der Waals surface area contributed by atoms with E-state index in [2.05, 4.69) is 9.97 Å². The molecule has 2 rings (SSSR count). The van der Waals surface area contributed by atoms with Crippen molar-refractivity contribution in [2.45, 2.75) is 38.8 Å². The number of hydrogen-bond acceptors (Lipinski definition) is 5. The van der Waals surface area contributed by atoms with Gasteiger partial charge in [-0.1, -0.05) is 0 Å². The average Bonchev–Trinajstić information content (AvgIpc) is 2.86. The normalized spacial score (nSPS) is 20.8. The third kappa shape index (κ3) is 3.66. The molecule has 1 aromatic heterocycles. The van der Waals surface area contributed by atoms with Crippen LogP contribution < -0.4 is 5.73 Å². The second kappa shape index (κ2) is 5.75. The molecular weight excluding hydrogens is 256 g/mol. The zero-order valence-corrected chi connectivity index (χ0v) is 12.2. The van der Waals surface area contributed by atoms with Crippen molar-refractivity contribution in [1.82, 2.24) is 14.9 Å². The van der Waals surface area contributed by atoms with Crippen LogP contribution in [0.4, 0.5) is 4.79 Å². The van der Waals surface area contributed by atoms with Gasteiger partial charge in [-0.05, 0) is 33.1 Å². The van der Waals surface area contributed by atoms with Gasteiger partial charge in [-0.25, -0.2) is 4.79 Å². The molecule has 6 nitrogen and oxygen atoms in total. The van der Waals surface area contributed by atoms with Gasteiger partial charge in [0.1, 0.15) is 5.60 Å². The molecule has 20 heavy (non-hydrogen) atoms. The molecule has 1 amide bonds. The topological polar surface area (TPSA) is 81.3 Å². The fraction of sp³-hybridized carbons (Fsp3) is 0.643. The number of hydrogen-bond donors (Lipinski definition) is 1. The number of aromatic nitrogens is 2. The van der Waals surface area contributed by atoms with Crippen molar-refractivity contribution in [3.05, 3.63) is 24.3 Å². The molecule has 2 N–H and O–H groups in total. The molecule has 1 aliphatic rings. The SMILES string of the molecule is CC(C)(C)OC(=O)N1CCC(C(N)c2cnccn2)C1. The van der Waals surface area contributed by atoms with E-state index in [4.69, 9.17) is 10.5 Å². The van der Waals surface area contributed by atoms with E-state index >= 15 is 0 Å². The van der Waals surface area contributed by atoms with Crippen molar-refractivity contribution in [2.24, 2.45) is 11.7 Å². The fourth-order valence-corrected chi connectivity index (χ4v) is 2.30. The molecule has 110 valence electrons. The fourth-order valence-electron chi connectivity index (χ4n) is 2.30. The predicted octanol–water partition coefficient (Wildman–Crippen LogP) is 1.73. The second-order valence-electron chi connectivity index (χ2n) is 6.13. The predicted molar refractivity (Wildman–Crippen MR) is 74.9 cm³/mol. The maximum atomic E-state index is 12.0. The van der Waals surface area contributed by atoms with Crippen molar-refractivity contribution in [3.63, 3.8) is 0 Å². The summed E-state index contributed by atoms with van der Waals surface area (Å²) >= 11 is 0. The molecule has 0 saturated carbocycles. The molecule has 0 bridgehead atoms. The Kier molecular flexibility index (Phi) is 4.23. The number of carbonyl (C=O) groups is 1. The summed E-state index contributed by atoms with van der Waals surface area (Å²) < 4.78 is 5.37. The number of ether oxygens (including phenoxy) is 1. The van der Waals surface area contributed by atoms with Gasteiger partial charge in [-0.2, -0.15) is 0 Å². The minimum atomic E-state index is -0.470. The van der Waals surface area contributed by atoms with E-state index in [1.807, 2.05) is 20.8 Å². The molecule has 0 radical (unpaired) electrons. The van der Waals surface area contributed by atoms with Gasteiger partial charge in [0.15, 0.2) is 0 Å². The van der Waals surface area contributed by atoms with E-state index in [0.717, 1.165) is 12.1 Å². The quantitative estimate of drug-likeness (QED) is 0.891. The summed E-state index contributed by atoms with van der Waals surface area (Å²) in [6, 6.07) is -0.198. The highest BCUT2D eigenvalue weighted by molar-refractivity contribution is 5.68. The molecule has 0 aromatic carbocycles. The van der Waals surface area contributed by atoms with E-state index in [1.54, 1.807) is 23.5 Å². The van der Waals surface area contributed by atoms with E-state index in [0.29, 0.717) is 13.1 Å². The number of likely N-dealkylation sites (tertiary alicyclic amines) is 1. The number of nitrogens with two attached hydrogens (primary N) is 1. The van der Waals surface area contributed by atoms with Crippen molar-refractivity contribution in [3.8, 4) is 0 Å².